The molecule has 39 heavy (non-hydrogen) atoms. The second kappa shape index (κ2) is 11.3. The first-order valence-electron chi connectivity index (χ1n) is 13.8. The van der Waals surface area contributed by atoms with Gasteiger partial charge in [-0.15, -0.1) is 5.53 Å². The molecule has 5 rings (SSSR count). The fourth-order valence-corrected chi connectivity index (χ4v) is 5.58. The molecule has 2 N–H and O–H groups in total. The van der Waals surface area contributed by atoms with Crippen molar-refractivity contribution < 1.29 is 23.4 Å². The van der Waals surface area contributed by atoms with E-state index in [0.29, 0.717) is 30.4 Å². The summed E-state index contributed by atoms with van der Waals surface area (Å²) in [5.41, 5.74) is 10.6. The number of hydrogen-bond donors (Lipinski definition) is 2. The highest BCUT2D eigenvalue weighted by Crippen LogP contribution is 2.46. The number of hydrazine groups is 2. The van der Waals surface area contributed by atoms with Crippen LogP contribution >= 0.6 is 0 Å². The fourth-order valence-electron chi connectivity index (χ4n) is 5.58. The van der Waals surface area contributed by atoms with Gasteiger partial charge in [-0.1, -0.05) is 32.1 Å². The normalized spacial score (nSPS) is 19.0. The van der Waals surface area contributed by atoms with Crippen molar-refractivity contribution in [2.75, 3.05) is 25.3 Å². The van der Waals surface area contributed by atoms with E-state index in [4.69, 9.17) is 14.2 Å². The van der Waals surface area contributed by atoms with E-state index in [-0.39, 0.29) is 29.7 Å². The Morgan fingerprint density at radius 2 is 2.00 bits per heavy atom. The first-order chi connectivity index (χ1) is 18.8. The molecule has 3 aliphatic rings. The van der Waals surface area contributed by atoms with E-state index < -0.39 is 0 Å². The van der Waals surface area contributed by atoms with Crippen LogP contribution < -0.4 is 25.4 Å². The quantitative estimate of drug-likeness (QED) is 0.335. The Labute approximate surface area is 229 Å². The molecular weight excluding hydrogens is 497 g/mol. The average molecular weight is 536 g/mol. The third kappa shape index (κ3) is 5.91. The summed E-state index contributed by atoms with van der Waals surface area (Å²) in [5.74, 6) is 1.41. The molecule has 0 spiro atoms. The molecule has 7 nitrogen and oxygen atoms in total. The topological polar surface area (TPSA) is 72.1 Å². The lowest BCUT2D eigenvalue weighted by atomic mass is 9.83. The van der Waals surface area contributed by atoms with Crippen LogP contribution in [-0.2, 0) is 9.53 Å². The zero-order chi connectivity index (χ0) is 27.6. The Morgan fingerprint density at radius 1 is 1.18 bits per heavy atom. The highest BCUT2D eigenvalue weighted by Gasteiger charge is 2.38. The maximum absolute atomic E-state index is 15.0. The van der Waals surface area contributed by atoms with Crippen LogP contribution in [0, 0.1) is 17.2 Å². The molecule has 0 amide bonds. The smallest absolute Gasteiger partial charge is 0.306 e. The molecule has 8 heteroatoms. The number of ether oxygens (including phenoxy) is 3. The van der Waals surface area contributed by atoms with Crippen LogP contribution in [0.15, 0.2) is 65.5 Å². The van der Waals surface area contributed by atoms with Gasteiger partial charge in [-0.2, -0.15) is 0 Å². The van der Waals surface area contributed by atoms with Crippen molar-refractivity contribution in [3.8, 4) is 11.5 Å². The molecule has 1 aliphatic heterocycles. The minimum atomic E-state index is -0.360. The first-order valence-corrected chi connectivity index (χ1v) is 13.8. The molecule has 1 atom stereocenters. The van der Waals surface area contributed by atoms with Gasteiger partial charge in [0.25, 0.3) is 0 Å². The molecule has 2 aromatic rings. The summed E-state index contributed by atoms with van der Waals surface area (Å²) in [6.07, 6.45) is 6.84. The molecule has 1 fully saturated rings. The van der Waals surface area contributed by atoms with Crippen molar-refractivity contribution in [1.29, 1.82) is 0 Å². The number of halogens is 1. The van der Waals surface area contributed by atoms with Gasteiger partial charge in [0, 0.05) is 6.07 Å². The van der Waals surface area contributed by atoms with Gasteiger partial charge in [0.15, 0.2) is 0 Å². The summed E-state index contributed by atoms with van der Waals surface area (Å²) in [4.78, 5) is 12.3. The summed E-state index contributed by atoms with van der Waals surface area (Å²) >= 11 is 0. The van der Waals surface area contributed by atoms with E-state index >= 15 is 4.39 Å². The van der Waals surface area contributed by atoms with Crippen molar-refractivity contribution >= 4 is 11.7 Å². The molecule has 0 aromatic heterocycles. The van der Waals surface area contributed by atoms with Crippen LogP contribution in [0.1, 0.15) is 64.4 Å². The van der Waals surface area contributed by atoms with Crippen LogP contribution in [0.3, 0.4) is 0 Å². The maximum Gasteiger partial charge on any atom is 0.306 e. The van der Waals surface area contributed by atoms with Gasteiger partial charge in [0.1, 0.15) is 23.9 Å². The monoisotopic (exact) mass is 535 g/mol. The Morgan fingerprint density at radius 3 is 2.69 bits per heavy atom. The van der Waals surface area contributed by atoms with Gasteiger partial charge >= 0.3 is 5.97 Å². The molecule has 0 saturated heterocycles. The Balaban J connectivity index is 1.41. The van der Waals surface area contributed by atoms with Crippen LogP contribution in [0.4, 0.5) is 10.1 Å². The maximum atomic E-state index is 15.0. The SMILES string of the molecule is CCOC(=O)C[C@H](c1cccc(OCC2=C(C3=CCCC3(C)C)N(c3cc(OC)ccc3F)NN2)c1)C1CC1. The highest BCUT2D eigenvalue weighted by atomic mass is 19.1. The molecule has 0 bridgehead atoms. The molecule has 208 valence electrons. The van der Waals surface area contributed by atoms with Crippen LogP contribution in [0.5, 0.6) is 11.5 Å². The second-order valence-electron chi connectivity index (χ2n) is 11.1. The number of carbonyl (C=O) groups is 1. The summed E-state index contributed by atoms with van der Waals surface area (Å²) in [7, 11) is 1.57. The summed E-state index contributed by atoms with van der Waals surface area (Å²) in [6.45, 7) is 6.90. The minimum absolute atomic E-state index is 0.0770. The lowest BCUT2D eigenvalue weighted by Crippen LogP contribution is -2.39. The van der Waals surface area contributed by atoms with E-state index in [0.717, 1.165) is 54.0 Å². The van der Waals surface area contributed by atoms with Gasteiger partial charge in [0.05, 0.1) is 37.2 Å². The fraction of sp³-hybridized carbons (Fsp3) is 0.452. The molecular formula is C31H38FN3O4. The highest BCUT2D eigenvalue weighted by molar-refractivity contribution is 5.70. The summed E-state index contributed by atoms with van der Waals surface area (Å²) in [6, 6.07) is 12.7. The minimum Gasteiger partial charge on any atom is -0.497 e. The van der Waals surface area contributed by atoms with Crippen LogP contribution in [0.25, 0.3) is 0 Å². The molecule has 0 radical (unpaired) electrons. The van der Waals surface area contributed by atoms with E-state index in [2.05, 4.69) is 37.0 Å². The number of carbonyl (C=O) groups excluding carboxylic acids is 1. The van der Waals surface area contributed by atoms with Crippen molar-refractivity contribution in [3.05, 3.63) is 76.9 Å². The predicted octanol–water partition coefficient (Wildman–Crippen LogP) is 6.15. The Hall–Kier alpha value is -3.52. The van der Waals surface area contributed by atoms with Crippen molar-refractivity contribution in [2.45, 2.75) is 58.8 Å². The Kier molecular flexibility index (Phi) is 7.84. The van der Waals surface area contributed by atoms with E-state index in [1.54, 1.807) is 24.3 Å². The summed E-state index contributed by atoms with van der Waals surface area (Å²) < 4.78 is 31.9. The molecule has 2 aliphatic carbocycles. The molecule has 1 heterocycles. The van der Waals surface area contributed by atoms with Gasteiger partial charge < -0.3 is 19.6 Å². The van der Waals surface area contributed by atoms with Crippen LogP contribution in [-0.4, -0.2) is 26.3 Å². The molecule has 0 unspecified atom stereocenters. The third-order valence-electron chi connectivity index (χ3n) is 7.88. The standard InChI is InChI=1S/C31H38FN3O4/c1-5-38-29(36)18-24(20-11-12-20)21-8-6-9-23(16-21)39-19-27-30(25-10-7-15-31(25,2)3)35(34-33-27)28-17-22(37-4)13-14-26(28)32/h6,8-10,13-14,16-17,20,24,33-34H,5,7,11-12,15,18-19H2,1-4H3/t24-/m0/s1. The largest absolute Gasteiger partial charge is 0.497 e. The molecule has 2 aromatic carbocycles. The number of rotatable bonds is 11. The number of methoxy groups -OCH3 is 1. The van der Waals surface area contributed by atoms with E-state index in [1.165, 1.54) is 6.07 Å². The lowest BCUT2D eigenvalue weighted by Gasteiger charge is -2.29. The predicted molar refractivity (Wildman–Crippen MR) is 148 cm³/mol. The lowest BCUT2D eigenvalue weighted by molar-refractivity contribution is -0.143. The van der Waals surface area contributed by atoms with Crippen LogP contribution in [0.2, 0.25) is 0 Å². The summed E-state index contributed by atoms with van der Waals surface area (Å²) in [5, 5.41) is 1.74. The first kappa shape index (κ1) is 27.1. The number of allylic oxidation sites excluding steroid dienone is 2. The number of benzene rings is 2. The molecule has 1 saturated carbocycles. The van der Waals surface area contributed by atoms with Crippen molar-refractivity contribution in [1.82, 2.24) is 11.0 Å². The zero-order valence-corrected chi connectivity index (χ0v) is 23.2. The second-order valence-corrected chi connectivity index (χ2v) is 11.1. The van der Waals surface area contributed by atoms with Crippen molar-refractivity contribution in [3.63, 3.8) is 0 Å². The van der Waals surface area contributed by atoms with Gasteiger partial charge in [-0.05, 0) is 85.3 Å². The number of nitrogens with one attached hydrogen (secondary N) is 2. The van der Waals surface area contributed by atoms with Gasteiger partial charge in [-0.25, -0.2) is 4.39 Å². The number of nitrogens with zero attached hydrogens (tertiary/aromatic N) is 1. The van der Waals surface area contributed by atoms with Gasteiger partial charge in [-0.3, -0.25) is 9.80 Å². The zero-order valence-electron chi connectivity index (χ0n) is 23.2. The number of esters is 1. The number of hydrogen-bond acceptors (Lipinski definition) is 7. The average Bonchev–Trinajstić information content (AvgIpc) is 3.59. The number of anilines is 1. The van der Waals surface area contributed by atoms with E-state index in [9.17, 15) is 4.79 Å². The third-order valence-corrected chi connectivity index (χ3v) is 7.88. The van der Waals surface area contributed by atoms with Crippen molar-refractivity contribution in [2.24, 2.45) is 11.3 Å². The van der Waals surface area contributed by atoms with E-state index in [1.807, 2.05) is 25.1 Å². The Bertz CT molecular complexity index is 1280. The van der Waals surface area contributed by atoms with Gasteiger partial charge in [0.2, 0.25) is 0 Å².